The highest BCUT2D eigenvalue weighted by Gasteiger charge is 2.17. The number of ether oxygens (including phenoxy) is 1. The van der Waals surface area contributed by atoms with Gasteiger partial charge in [0.15, 0.2) is 0 Å². The number of rotatable bonds is 4. The van der Waals surface area contributed by atoms with Crippen LogP contribution in [0.25, 0.3) is 0 Å². The van der Waals surface area contributed by atoms with Crippen LogP contribution in [0.4, 0.5) is 4.39 Å². The summed E-state index contributed by atoms with van der Waals surface area (Å²) in [5.74, 6) is -0.417. The Morgan fingerprint density at radius 2 is 2.06 bits per heavy atom. The smallest absolute Gasteiger partial charge is 0.306 e. The first-order valence-electron chi connectivity index (χ1n) is 6.68. The molecule has 0 aliphatic heterocycles. The standard InChI is InChI=1S/C15H19FO2/c16-13-6-4-5-12(11-13)9-10-15(17)18-14-7-2-1-3-8-14/h4-6,11,14H,1-3,7-10H2. The minimum absolute atomic E-state index is 0.110. The van der Waals surface area contributed by atoms with E-state index < -0.39 is 0 Å². The van der Waals surface area contributed by atoms with Crippen molar-refractivity contribution in [2.75, 3.05) is 0 Å². The van der Waals surface area contributed by atoms with Gasteiger partial charge in [-0.15, -0.1) is 0 Å². The lowest BCUT2D eigenvalue weighted by Gasteiger charge is -2.21. The van der Waals surface area contributed by atoms with Crippen LogP contribution in [0, 0.1) is 5.82 Å². The van der Waals surface area contributed by atoms with Crippen molar-refractivity contribution < 1.29 is 13.9 Å². The Hall–Kier alpha value is -1.38. The van der Waals surface area contributed by atoms with Gasteiger partial charge in [-0.3, -0.25) is 4.79 Å². The van der Waals surface area contributed by atoms with E-state index in [0.29, 0.717) is 12.8 Å². The average molecular weight is 250 g/mol. The third-order valence-electron chi connectivity index (χ3n) is 3.36. The van der Waals surface area contributed by atoms with E-state index in [4.69, 9.17) is 4.74 Å². The monoisotopic (exact) mass is 250 g/mol. The molecule has 0 heterocycles. The van der Waals surface area contributed by atoms with Crippen molar-refractivity contribution in [3.63, 3.8) is 0 Å². The summed E-state index contributed by atoms with van der Waals surface area (Å²) in [6.07, 6.45) is 6.53. The SMILES string of the molecule is O=C(CCc1cccc(F)c1)OC1CCCCC1. The van der Waals surface area contributed by atoms with E-state index in [0.717, 1.165) is 31.2 Å². The molecule has 0 bridgehead atoms. The van der Waals surface area contributed by atoms with E-state index in [1.165, 1.54) is 18.6 Å². The lowest BCUT2D eigenvalue weighted by atomic mass is 9.98. The molecule has 0 atom stereocenters. The Balaban J connectivity index is 1.74. The highest BCUT2D eigenvalue weighted by Crippen LogP contribution is 2.20. The topological polar surface area (TPSA) is 26.3 Å². The van der Waals surface area contributed by atoms with Crippen LogP contribution in [0.15, 0.2) is 24.3 Å². The lowest BCUT2D eigenvalue weighted by Crippen LogP contribution is -2.21. The zero-order valence-electron chi connectivity index (χ0n) is 10.5. The Morgan fingerprint density at radius 1 is 1.28 bits per heavy atom. The van der Waals surface area contributed by atoms with Crippen LogP contribution in [-0.4, -0.2) is 12.1 Å². The molecule has 0 saturated heterocycles. The number of hydrogen-bond acceptors (Lipinski definition) is 2. The maximum Gasteiger partial charge on any atom is 0.306 e. The first-order chi connectivity index (χ1) is 8.74. The largest absolute Gasteiger partial charge is 0.462 e. The summed E-state index contributed by atoms with van der Waals surface area (Å²) >= 11 is 0. The summed E-state index contributed by atoms with van der Waals surface area (Å²) in [5, 5.41) is 0. The molecule has 98 valence electrons. The van der Waals surface area contributed by atoms with Gasteiger partial charge in [-0.2, -0.15) is 0 Å². The van der Waals surface area contributed by atoms with Gasteiger partial charge >= 0.3 is 5.97 Å². The molecule has 0 unspecified atom stereocenters. The maximum absolute atomic E-state index is 12.9. The van der Waals surface area contributed by atoms with Gasteiger partial charge in [0.05, 0.1) is 0 Å². The van der Waals surface area contributed by atoms with Crippen LogP contribution in [0.1, 0.15) is 44.1 Å². The van der Waals surface area contributed by atoms with E-state index >= 15 is 0 Å². The van der Waals surface area contributed by atoms with Crippen LogP contribution in [0.3, 0.4) is 0 Å². The number of benzene rings is 1. The molecule has 1 aliphatic rings. The van der Waals surface area contributed by atoms with Gasteiger partial charge < -0.3 is 4.74 Å². The molecular formula is C15H19FO2. The third kappa shape index (κ3) is 4.13. The number of aryl methyl sites for hydroxylation is 1. The molecule has 1 saturated carbocycles. The second-order valence-corrected chi connectivity index (χ2v) is 4.88. The summed E-state index contributed by atoms with van der Waals surface area (Å²) in [4.78, 5) is 11.7. The number of carbonyl (C=O) groups is 1. The van der Waals surface area contributed by atoms with Crippen molar-refractivity contribution >= 4 is 5.97 Å². The van der Waals surface area contributed by atoms with Gasteiger partial charge in [0, 0.05) is 6.42 Å². The van der Waals surface area contributed by atoms with E-state index in [1.54, 1.807) is 6.07 Å². The summed E-state index contributed by atoms with van der Waals surface area (Å²) in [5.41, 5.74) is 0.843. The van der Waals surface area contributed by atoms with Crippen LogP contribution >= 0.6 is 0 Å². The van der Waals surface area contributed by atoms with Crippen LogP contribution in [0.2, 0.25) is 0 Å². The van der Waals surface area contributed by atoms with Crippen molar-refractivity contribution in [1.82, 2.24) is 0 Å². The predicted octanol–water partition coefficient (Wildman–Crippen LogP) is 3.63. The van der Waals surface area contributed by atoms with E-state index in [-0.39, 0.29) is 17.9 Å². The Morgan fingerprint density at radius 3 is 2.78 bits per heavy atom. The molecule has 2 rings (SSSR count). The Bertz CT molecular complexity index is 397. The van der Waals surface area contributed by atoms with Crippen molar-refractivity contribution in [2.45, 2.75) is 51.0 Å². The van der Waals surface area contributed by atoms with Gasteiger partial charge in [-0.25, -0.2) is 4.39 Å². The molecule has 1 aromatic rings. The van der Waals surface area contributed by atoms with E-state index in [2.05, 4.69) is 0 Å². The van der Waals surface area contributed by atoms with Gasteiger partial charge in [0.2, 0.25) is 0 Å². The van der Waals surface area contributed by atoms with Gasteiger partial charge in [-0.1, -0.05) is 18.6 Å². The molecule has 0 spiro atoms. The summed E-state index contributed by atoms with van der Waals surface area (Å²) < 4.78 is 18.4. The minimum atomic E-state index is -0.256. The van der Waals surface area contributed by atoms with Crippen molar-refractivity contribution in [3.05, 3.63) is 35.6 Å². The fourth-order valence-electron chi connectivity index (χ4n) is 2.37. The molecule has 1 aromatic carbocycles. The normalized spacial score (nSPS) is 16.5. The minimum Gasteiger partial charge on any atom is -0.462 e. The van der Waals surface area contributed by atoms with Crippen LogP contribution in [-0.2, 0) is 16.0 Å². The molecule has 0 aromatic heterocycles. The first-order valence-corrected chi connectivity index (χ1v) is 6.68. The summed E-state index contributed by atoms with van der Waals surface area (Å²) in [6, 6.07) is 6.37. The van der Waals surface area contributed by atoms with Gasteiger partial charge in [0.1, 0.15) is 11.9 Å². The second-order valence-electron chi connectivity index (χ2n) is 4.88. The predicted molar refractivity (Wildman–Crippen MR) is 67.7 cm³/mol. The molecule has 1 aliphatic carbocycles. The molecule has 2 nitrogen and oxygen atoms in total. The maximum atomic E-state index is 12.9. The molecule has 0 amide bonds. The van der Waals surface area contributed by atoms with Crippen molar-refractivity contribution in [3.8, 4) is 0 Å². The molecule has 0 radical (unpaired) electrons. The zero-order valence-corrected chi connectivity index (χ0v) is 10.5. The number of hydrogen-bond donors (Lipinski definition) is 0. The fourth-order valence-corrected chi connectivity index (χ4v) is 2.37. The van der Waals surface area contributed by atoms with Crippen LogP contribution < -0.4 is 0 Å². The second kappa shape index (κ2) is 6.53. The molecule has 0 N–H and O–H groups in total. The quantitative estimate of drug-likeness (QED) is 0.763. The Labute approximate surface area is 107 Å². The number of carbonyl (C=O) groups excluding carboxylic acids is 1. The first kappa shape index (κ1) is 13.1. The highest BCUT2D eigenvalue weighted by atomic mass is 19.1. The van der Waals surface area contributed by atoms with Crippen molar-refractivity contribution in [2.24, 2.45) is 0 Å². The highest BCUT2D eigenvalue weighted by molar-refractivity contribution is 5.69. The molecular weight excluding hydrogens is 231 g/mol. The van der Waals surface area contributed by atoms with E-state index in [1.807, 2.05) is 6.07 Å². The van der Waals surface area contributed by atoms with Gasteiger partial charge in [-0.05, 0) is 49.8 Å². The number of esters is 1. The molecule has 18 heavy (non-hydrogen) atoms. The van der Waals surface area contributed by atoms with E-state index in [9.17, 15) is 9.18 Å². The fraction of sp³-hybridized carbons (Fsp3) is 0.533. The third-order valence-corrected chi connectivity index (χ3v) is 3.36. The average Bonchev–Trinajstić information content (AvgIpc) is 2.38. The lowest BCUT2D eigenvalue weighted by molar-refractivity contribution is -0.150. The number of halogens is 1. The summed E-state index contributed by atoms with van der Waals surface area (Å²) in [7, 11) is 0. The Kier molecular flexibility index (Phi) is 4.73. The molecule has 1 fully saturated rings. The van der Waals surface area contributed by atoms with Crippen molar-refractivity contribution in [1.29, 1.82) is 0 Å². The molecule has 3 heteroatoms. The zero-order chi connectivity index (χ0) is 12.8. The summed E-state index contributed by atoms with van der Waals surface area (Å²) in [6.45, 7) is 0. The van der Waals surface area contributed by atoms with Crippen LogP contribution in [0.5, 0.6) is 0 Å². The van der Waals surface area contributed by atoms with Gasteiger partial charge in [0.25, 0.3) is 0 Å².